The van der Waals surface area contributed by atoms with Crippen molar-refractivity contribution in [2.75, 3.05) is 12.4 Å². The zero-order chi connectivity index (χ0) is 24.2. The van der Waals surface area contributed by atoms with Gasteiger partial charge in [-0.3, -0.25) is 14.2 Å². The van der Waals surface area contributed by atoms with E-state index < -0.39 is 11.2 Å². The summed E-state index contributed by atoms with van der Waals surface area (Å²) in [7, 11) is 1.29. The van der Waals surface area contributed by atoms with Crippen molar-refractivity contribution in [1.82, 2.24) is 9.55 Å². The molecule has 0 fully saturated rings. The lowest BCUT2D eigenvalue weighted by Crippen LogP contribution is -2.27. The lowest BCUT2D eigenvalue weighted by Gasteiger charge is -2.16. The van der Waals surface area contributed by atoms with Crippen molar-refractivity contribution in [3.8, 4) is 0 Å². The smallest absolute Gasteiger partial charge is 0.337 e. The van der Waals surface area contributed by atoms with Crippen LogP contribution in [0, 0.1) is 6.92 Å². The van der Waals surface area contributed by atoms with Crippen LogP contribution in [0.5, 0.6) is 0 Å². The van der Waals surface area contributed by atoms with Crippen LogP contribution in [0.3, 0.4) is 0 Å². The van der Waals surface area contributed by atoms with Gasteiger partial charge in [-0.1, -0.05) is 29.5 Å². The minimum atomic E-state index is -0.558. The predicted molar refractivity (Wildman–Crippen MR) is 130 cm³/mol. The van der Waals surface area contributed by atoms with Gasteiger partial charge in [-0.15, -0.1) is 0 Å². The molecule has 2 heterocycles. The third kappa shape index (κ3) is 5.04. The molecule has 0 aliphatic carbocycles. The lowest BCUT2D eigenvalue weighted by molar-refractivity contribution is -0.115. The molecule has 9 heteroatoms. The first-order valence-electron chi connectivity index (χ1n) is 10.5. The first-order valence-corrected chi connectivity index (χ1v) is 11.4. The number of esters is 1. The number of nitrogens with one attached hydrogen (secondary N) is 1. The second-order valence-electron chi connectivity index (χ2n) is 7.70. The van der Waals surface area contributed by atoms with Gasteiger partial charge >= 0.3 is 5.97 Å². The number of fused-ring (bicyclic) bond motifs is 1. The average Bonchev–Trinajstić information content (AvgIpc) is 3.35. The lowest BCUT2D eigenvalue weighted by atomic mass is 10.1. The molecule has 4 aromatic rings. The topological polar surface area (TPSA) is 103 Å². The Bertz CT molecular complexity index is 1390. The van der Waals surface area contributed by atoms with E-state index in [9.17, 15) is 14.4 Å². The molecule has 0 bridgehead atoms. The summed E-state index contributed by atoms with van der Waals surface area (Å²) in [6.45, 7) is 3.87. The van der Waals surface area contributed by atoms with Crippen LogP contribution in [0.25, 0.3) is 10.9 Å². The summed E-state index contributed by atoms with van der Waals surface area (Å²) in [5, 5.41) is 3.01. The molecule has 1 amide bonds. The Hall–Kier alpha value is -3.85. The van der Waals surface area contributed by atoms with Gasteiger partial charge in [0.1, 0.15) is 5.76 Å². The molecule has 0 saturated heterocycles. The van der Waals surface area contributed by atoms with Gasteiger partial charge in [0.25, 0.3) is 5.56 Å². The van der Waals surface area contributed by atoms with Gasteiger partial charge in [0, 0.05) is 5.69 Å². The molecule has 34 heavy (non-hydrogen) atoms. The van der Waals surface area contributed by atoms with Crippen LogP contribution in [0.2, 0.25) is 0 Å². The fraction of sp³-hybridized carbons (Fsp3) is 0.200. The molecule has 174 valence electrons. The monoisotopic (exact) mass is 477 g/mol. The number of hydrogen-bond acceptors (Lipinski definition) is 7. The van der Waals surface area contributed by atoms with Crippen LogP contribution >= 0.6 is 11.8 Å². The van der Waals surface area contributed by atoms with Crippen molar-refractivity contribution in [2.45, 2.75) is 30.8 Å². The van der Waals surface area contributed by atoms with E-state index in [0.29, 0.717) is 27.5 Å². The van der Waals surface area contributed by atoms with Crippen molar-refractivity contribution in [2.24, 2.45) is 0 Å². The summed E-state index contributed by atoms with van der Waals surface area (Å²) in [4.78, 5) is 42.8. The number of thioether (sulfide) groups is 1. The number of ether oxygens (including phenoxy) is 1. The maximum Gasteiger partial charge on any atom is 0.337 e. The van der Waals surface area contributed by atoms with Crippen molar-refractivity contribution in [1.29, 1.82) is 0 Å². The summed E-state index contributed by atoms with van der Waals surface area (Å²) in [6, 6.07) is 15.6. The molecule has 0 aliphatic rings. The van der Waals surface area contributed by atoms with Crippen LogP contribution in [0.4, 0.5) is 5.69 Å². The third-order valence-corrected chi connectivity index (χ3v) is 6.30. The van der Waals surface area contributed by atoms with Crippen LogP contribution in [-0.4, -0.2) is 33.8 Å². The number of carbonyl (C=O) groups excluding carboxylic acids is 2. The van der Waals surface area contributed by atoms with Gasteiger partial charge in [0.05, 0.1) is 41.6 Å². The van der Waals surface area contributed by atoms with Crippen LogP contribution in [-0.2, 0) is 16.1 Å². The normalized spacial score (nSPS) is 11.9. The van der Waals surface area contributed by atoms with E-state index in [-0.39, 0.29) is 23.6 Å². The van der Waals surface area contributed by atoms with Gasteiger partial charge < -0.3 is 14.5 Å². The van der Waals surface area contributed by atoms with Gasteiger partial charge in [0.15, 0.2) is 5.16 Å². The molecule has 2 aromatic carbocycles. The van der Waals surface area contributed by atoms with Gasteiger partial charge in [0.2, 0.25) is 5.91 Å². The standard InChI is InChI=1S/C25H23N3O5S/c1-15-6-9-18(10-7-15)26-22(29)16(2)34-25-27-21-13-17(24(31)32-3)8-11-20(21)23(30)28(25)14-19-5-4-12-33-19/h4-13,16H,14H2,1-3H3,(H,26,29). The van der Waals surface area contributed by atoms with Gasteiger partial charge in [-0.05, 0) is 56.3 Å². The minimum Gasteiger partial charge on any atom is -0.467 e. The maximum absolute atomic E-state index is 13.4. The summed E-state index contributed by atoms with van der Waals surface area (Å²) in [5.74, 6) is -0.174. The second-order valence-corrected chi connectivity index (χ2v) is 9.01. The Kier molecular flexibility index (Phi) is 6.83. The molecular weight excluding hydrogens is 454 g/mol. The number of amides is 1. The summed E-state index contributed by atoms with van der Waals surface area (Å²) in [6.07, 6.45) is 1.53. The number of furan rings is 1. The van der Waals surface area contributed by atoms with Crippen molar-refractivity contribution in [3.05, 3.63) is 88.1 Å². The van der Waals surface area contributed by atoms with E-state index in [2.05, 4.69) is 10.3 Å². The Morgan fingerprint density at radius 2 is 1.94 bits per heavy atom. The van der Waals surface area contributed by atoms with Crippen molar-refractivity contribution in [3.63, 3.8) is 0 Å². The molecule has 1 unspecified atom stereocenters. The predicted octanol–water partition coefficient (Wildman–Crippen LogP) is 4.25. The van der Waals surface area contributed by atoms with Gasteiger partial charge in [-0.25, -0.2) is 9.78 Å². The summed E-state index contributed by atoms with van der Waals surface area (Å²) in [5.41, 5.74) is 2.11. The van der Waals surface area contributed by atoms with Gasteiger partial charge in [-0.2, -0.15) is 0 Å². The number of rotatable bonds is 7. The minimum absolute atomic E-state index is 0.155. The van der Waals surface area contributed by atoms with Crippen molar-refractivity contribution >= 4 is 40.2 Å². The fourth-order valence-corrected chi connectivity index (χ4v) is 4.23. The molecular formula is C25H23N3O5S. The van der Waals surface area contributed by atoms with E-state index in [1.54, 1.807) is 25.1 Å². The highest BCUT2D eigenvalue weighted by atomic mass is 32.2. The highest BCUT2D eigenvalue weighted by Gasteiger charge is 2.21. The first-order chi connectivity index (χ1) is 16.4. The average molecular weight is 478 g/mol. The molecule has 1 atom stereocenters. The number of hydrogen-bond donors (Lipinski definition) is 1. The molecule has 0 aliphatic heterocycles. The van der Waals surface area contributed by atoms with E-state index in [1.807, 2.05) is 31.2 Å². The summed E-state index contributed by atoms with van der Waals surface area (Å²) >= 11 is 1.15. The van der Waals surface area contributed by atoms with E-state index in [4.69, 9.17) is 9.15 Å². The fourth-order valence-electron chi connectivity index (χ4n) is 3.33. The number of nitrogens with zero attached hydrogens (tertiary/aromatic N) is 2. The van der Waals surface area contributed by atoms with Crippen LogP contribution in [0.15, 0.2) is 75.2 Å². The first kappa shape index (κ1) is 23.3. The molecule has 2 aromatic heterocycles. The Morgan fingerprint density at radius 1 is 1.18 bits per heavy atom. The number of anilines is 1. The highest BCUT2D eigenvalue weighted by molar-refractivity contribution is 8.00. The number of methoxy groups -OCH3 is 1. The van der Waals surface area contributed by atoms with Crippen LogP contribution in [0.1, 0.15) is 28.6 Å². The Labute approximate surface area is 199 Å². The number of aromatic nitrogens is 2. The molecule has 4 rings (SSSR count). The third-order valence-electron chi connectivity index (χ3n) is 5.21. The molecule has 0 radical (unpaired) electrons. The maximum atomic E-state index is 13.4. The van der Waals surface area contributed by atoms with E-state index >= 15 is 0 Å². The molecule has 0 saturated carbocycles. The van der Waals surface area contributed by atoms with Crippen molar-refractivity contribution < 1.29 is 18.7 Å². The quantitative estimate of drug-likeness (QED) is 0.241. The number of benzene rings is 2. The largest absolute Gasteiger partial charge is 0.467 e. The van der Waals surface area contributed by atoms with Crippen LogP contribution < -0.4 is 10.9 Å². The molecule has 0 spiro atoms. The zero-order valence-electron chi connectivity index (χ0n) is 18.9. The molecule has 8 nitrogen and oxygen atoms in total. The summed E-state index contributed by atoms with van der Waals surface area (Å²) < 4.78 is 11.7. The Balaban J connectivity index is 1.70. The number of aryl methyl sites for hydroxylation is 1. The van der Waals surface area contributed by atoms with E-state index in [1.165, 1.54) is 30.1 Å². The highest BCUT2D eigenvalue weighted by Crippen LogP contribution is 2.25. The number of carbonyl (C=O) groups is 2. The molecule has 1 N–H and O–H groups in total. The zero-order valence-corrected chi connectivity index (χ0v) is 19.7. The van der Waals surface area contributed by atoms with E-state index in [0.717, 1.165) is 17.3 Å². The second kappa shape index (κ2) is 9.96. The Morgan fingerprint density at radius 3 is 2.62 bits per heavy atom. The SMILES string of the molecule is COC(=O)c1ccc2c(=O)n(Cc3ccco3)c(SC(C)C(=O)Nc3ccc(C)cc3)nc2c1.